The Morgan fingerprint density at radius 1 is 1.23 bits per heavy atom. The van der Waals surface area contributed by atoms with Crippen LogP contribution in [0.15, 0.2) is 29.2 Å². The van der Waals surface area contributed by atoms with E-state index in [0.717, 1.165) is 25.1 Å². The van der Waals surface area contributed by atoms with Gasteiger partial charge in [0.15, 0.2) is 0 Å². The molecule has 0 spiro atoms. The van der Waals surface area contributed by atoms with Crippen LogP contribution < -0.4 is 5.32 Å². The van der Waals surface area contributed by atoms with Gasteiger partial charge in [0, 0.05) is 36.6 Å². The minimum atomic E-state index is 0.0786. The molecule has 120 valence electrons. The zero-order valence-corrected chi connectivity index (χ0v) is 14.2. The Labute approximate surface area is 137 Å². The molecule has 3 rings (SSSR count). The topological polar surface area (TPSA) is 35.6 Å². The number of thioether (sulfide) groups is 1. The second kappa shape index (κ2) is 6.92. The molecule has 0 aliphatic carbocycles. The van der Waals surface area contributed by atoms with E-state index in [4.69, 9.17) is 0 Å². The van der Waals surface area contributed by atoms with Gasteiger partial charge in [0.2, 0.25) is 0 Å². The molecule has 2 atom stereocenters. The SMILES string of the molecule is CSc1ccc(CNC(=O)N2CCC3CCC(C2)N3C)cc1. The Balaban J connectivity index is 1.53. The molecule has 2 heterocycles. The number of nitrogens with zero attached hydrogens (tertiary/aromatic N) is 2. The van der Waals surface area contributed by atoms with Crippen LogP contribution >= 0.6 is 11.8 Å². The minimum Gasteiger partial charge on any atom is -0.334 e. The first-order valence-corrected chi connectivity index (χ1v) is 9.27. The number of rotatable bonds is 3. The monoisotopic (exact) mass is 319 g/mol. The number of benzene rings is 1. The summed E-state index contributed by atoms with van der Waals surface area (Å²) in [5.74, 6) is 0. The molecule has 0 radical (unpaired) electrons. The van der Waals surface area contributed by atoms with Crippen molar-refractivity contribution >= 4 is 17.8 Å². The number of urea groups is 1. The van der Waals surface area contributed by atoms with Gasteiger partial charge >= 0.3 is 6.03 Å². The Morgan fingerprint density at radius 3 is 2.68 bits per heavy atom. The van der Waals surface area contributed by atoms with Crippen LogP contribution in [-0.2, 0) is 6.54 Å². The number of carbonyl (C=O) groups excluding carboxylic acids is 1. The fourth-order valence-electron chi connectivity index (χ4n) is 3.53. The summed E-state index contributed by atoms with van der Waals surface area (Å²) < 4.78 is 0. The number of hydrogen-bond acceptors (Lipinski definition) is 3. The summed E-state index contributed by atoms with van der Waals surface area (Å²) in [6.07, 6.45) is 5.68. The molecular weight excluding hydrogens is 294 g/mol. The molecule has 1 aromatic carbocycles. The Hall–Kier alpha value is -1.20. The predicted octanol–water partition coefficient (Wildman–Crippen LogP) is 2.79. The molecule has 5 heteroatoms. The lowest BCUT2D eigenvalue weighted by Gasteiger charge is -2.26. The van der Waals surface area contributed by atoms with Gasteiger partial charge < -0.3 is 10.2 Å². The van der Waals surface area contributed by atoms with E-state index in [9.17, 15) is 4.79 Å². The molecule has 22 heavy (non-hydrogen) atoms. The minimum absolute atomic E-state index is 0.0786. The largest absolute Gasteiger partial charge is 0.334 e. The summed E-state index contributed by atoms with van der Waals surface area (Å²) in [5, 5.41) is 3.07. The summed E-state index contributed by atoms with van der Waals surface area (Å²) in [7, 11) is 2.21. The normalized spacial score (nSPS) is 25.1. The summed E-state index contributed by atoms with van der Waals surface area (Å²) in [5.41, 5.74) is 1.15. The third kappa shape index (κ3) is 3.41. The number of amides is 2. The van der Waals surface area contributed by atoms with Crippen molar-refractivity contribution in [1.29, 1.82) is 0 Å². The van der Waals surface area contributed by atoms with Crippen molar-refractivity contribution in [2.24, 2.45) is 0 Å². The van der Waals surface area contributed by atoms with E-state index < -0.39 is 0 Å². The summed E-state index contributed by atoms with van der Waals surface area (Å²) >= 11 is 1.73. The fraction of sp³-hybridized carbons (Fsp3) is 0.588. The van der Waals surface area contributed by atoms with Gasteiger partial charge in [-0.1, -0.05) is 12.1 Å². The lowest BCUT2D eigenvalue weighted by Crippen LogP contribution is -2.44. The highest BCUT2D eigenvalue weighted by molar-refractivity contribution is 7.98. The molecule has 2 amide bonds. The van der Waals surface area contributed by atoms with Gasteiger partial charge in [-0.2, -0.15) is 0 Å². The van der Waals surface area contributed by atoms with E-state index in [1.54, 1.807) is 11.8 Å². The Kier molecular flexibility index (Phi) is 4.93. The van der Waals surface area contributed by atoms with Crippen molar-refractivity contribution in [2.45, 2.75) is 42.8 Å². The average molecular weight is 319 g/mol. The van der Waals surface area contributed by atoms with Crippen molar-refractivity contribution in [3.8, 4) is 0 Å². The van der Waals surface area contributed by atoms with E-state index in [0.29, 0.717) is 18.6 Å². The maximum absolute atomic E-state index is 12.4. The van der Waals surface area contributed by atoms with E-state index in [1.807, 2.05) is 4.90 Å². The Bertz CT molecular complexity index is 519. The molecule has 1 aromatic rings. The molecule has 2 aliphatic rings. The Morgan fingerprint density at radius 2 is 1.95 bits per heavy atom. The third-order valence-corrected chi connectivity index (χ3v) is 5.78. The third-order valence-electron chi connectivity index (χ3n) is 5.04. The number of fused-ring (bicyclic) bond motifs is 2. The van der Waals surface area contributed by atoms with Crippen LogP contribution in [0.1, 0.15) is 24.8 Å². The van der Waals surface area contributed by atoms with E-state index >= 15 is 0 Å². The molecule has 1 N–H and O–H groups in total. The molecule has 2 bridgehead atoms. The van der Waals surface area contributed by atoms with Crippen molar-refractivity contribution in [3.05, 3.63) is 29.8 Å². The van der Waals surface area contributed by atoms with Gasteiger partial charge in [-0.05, 0) is 50.3 Å². The lowest BCUT2D eigenvalue weighted by atomic mass is 10.1. The maximum Gasteiger partial charge on any atom is 0.317 e. The van der Waals surface area contributed by atoms with E-state index in [2.05, 4.69) is 47.8 Å². The molecule has 2 aliphatic heterocycles. The highest BCUT2D eigenvalue weighted by atomic mass is 32.2. The highest BCUT2D eigenvalue weighted by Gasteiger charge is 2.35. The van der Waals surface area contributed by atoms with Crippen LogP contribution in [0, 0.1) is 0 Å². The van der Waals surface area contributed by atoms with Crippen LogP contribution in [0.5, 0.6) is 0 Å². The van der Waals surface area contributed by atoms with E-state index in [1.165, 1.54) is 17.7 Å². The van der Waals surface area contributed by atoms with Crippen LogP contribution in [0.25, 0.3) is 0 Å². The number of likely N-dealkylation sites (tertiary alicyclic amines) is 1. The van der Waals surface area contributed by atoms with E-state index in [-0.39, 0.29) is 6.03 Å². The molecule has 2 unspecified atom stereocenters. The van der Waals surface area contributed by atoms with Crippen LogP contribution in [0.4, 0.5) is 4.79 Å². The number of nitrogens with one attached hydrogen (secondary N) is 1. The second-order valence-corrected chi connectivity index (χ2v) is 7.17. The zero-order valence-electron chi connectivity index (χ0n) is 13.4. The summed E-state index contributed by atoms with van der Waals surface area (Å²) in [6.45, 7) is 2.35. The first-order chi connectivity index (χ1) is 10.7. The van der Waals surface area contributed by atoms with Crippen LogP contribution in [-0.4, -0.2) is 54.3 Å². The summed E-state index contributed by atoms with van der Waals surface area (Å²) in [4.78, 5) is 18.1. The number of hydrogen-bond donors (Lipinski definition) is 1. The fourth-order valence-corrected chi connectivity index (χ4v) is 3.93. The van der Waals surface area contributed by atoms with Gasteiger partial charge in [-0.15, -0.1) is 11.8 Å². The molecular formula is C17H25N3OS. The van der Waals surface area contributed by atoms with Crippen LogP contribution in [0.3, 0.4) is 0 Å². The maximum atomic E-state index is 12.4. The predicted molar refractivity (Wildman–Crippen MR) is 91.2 cm³/mol. The first kappa shape index (κ1) is 15.7. The summed E-state index contributed by atoms with van der Waals surface area (Å²) in [6, 6.07) is 9.67. The smallest absolute Gasteiger partial charge is 0.317 e. The van der Waals surface area contributed by atoms with Gasteiger partial charge in [-0.3, -0.25) is 4.90 Å². The number of carbonyl (C=O) groups is 1. The van der Waals surface area contributed by atoms with Gasteiger partial charge in [0.1, 0.15) is 0 Å². The molecule has 2 saturated heterocycles. The van der Waals surface area contributed by atoms with Gasteiger partial charge in [-0.25, -0.2) is 4.79 Å². The van der Waals surface area contributed by atoms with Crippen LogP contribution in [0.2, 0.25) is 0 Å². The van der Waals surface area contributed by atoms with Gasteiger partial charge in [0.05, 0.1) is 0 Å². The standard InChI is InChI=1S/C17H25N3OS/c1-19-14-5-6-15(19)12-20(10-9-14)17(21)18-11-13-3-7-16(22-2)8-4-13/h3-4,7-8,14-15H,5-6,9-12H2,1-2H3,(H,18,21). The first-order valence-electron chi connectivity index (χ1n) is 8.05. The zero-order chi connectivity index (χ0) is 15.5. The molecule has 0 aromatic heterocycles. The van der Waals surface area contributed by atoms with Crippen molar-refractivity contribution in [2.75, 3.05) is 26.4 Å². The second-order valence-electron chi connectivity index (χ2n) is 6.29. The number of likely N-dealkylation sites (N-methyl/N-ethyl adjacent to an activating group) is 1. The average Bonchev–Trinajstić information content (AvgIpc) is 2.78. The molecule has 2 fully saturated rings. The van der Waals surface area contributed by atoms with Crippen molar-refractivity contribution in [3.63, 3.8) is 0 Å². The van der Waals surface area contributed by atoms with Gasteiger partial charge in [0.25, 0.3) is 0 Å². The lowest BCUT2D eigenvalue weighted by molar-refractivity contribution is 0.188. The highest BCUT2D eigenvalue weighted by Crippen LogP contribution is 2.28. The quantitative estimate of drug-likeness (QED) is 0.870. The van der Waals surface area contributed by atoms with Crippen molar-refractivity contribution in [1.82, 2.24) is 15.1 Å². The molecule has 4 nitrogen and oxygen atoms in total. The molecule has 0 saturated carbocycles. The van der Waals surface area contributed by atoms with Crippen molar-refractivity contribution < 1.29 is 4.79 Å².